The number of ether oxygens (including phenoxy) is 1. The number of carbonyl (C=O) groups excluding carboxylic acids is 2. The molecule has 0 spiro atoms. The van der Waals surface area contributed by atoms with Gasteiger partial charge >= 0.3 is 5.97 Å². The largest absolute Gasteiger partial charge is 0.481 e. The Bertz CT molecular complexity index is 1400. The molecule has 3 aromatic rings. The van der Waals surface area contributed by atoms with Crippen LogP contribution >= 0.6 is 0 Å². The number of carboxylic acids is 1. The Morgan fingerprint density at radius 2 is 1.65 bits per heavy atom. The number of pyridine rings is 1. The molecule has 0 radical (unpaired) electrons. The molecule has 11 heteroatoms. The fourth-order valence-corrected chi connectivity index (χ4v) is 4.24. The van der Waals surface area contributed by atoms with Gasteiger partial charge in [-0.2, -0.15) is 0 Å². The van der Waals surface area contributed by atoms with E-state index in [2.05, 4.69) is 34.8 Å². The minimum atomic E-state index is -1.26. The zero-order chi connectivity index (χ0) is 29.4. The lowest BCUT2D eigenvalue weighted by Gasteiger charge is -2.21. The summed E-state index contributed by atoms with van der Waals surface area (Å²) in [5, 5.41) is 26.3. The van der Waals surface area contributed by atoms with Crippen LogP contribution in [0.25, 0.3) is 11.1 Å². The van der Waals surface area contributed by atoms with E-state index in [1.54, 1.807) is 37.4 Å². The van der Waals surface area contributed by atoms with Crippen LogP contribution in [-0.4, -0.2) is 60.5 Å². The number of nitrogens with zero attached hydrogens (tertiary/aromatic N) is 1. The van der Waals surface area contributed by atoms with Crippen molar-refractivity contribution >= 4 is 29.3 Å². The van der Waals surface area contributed by atoms with Gasteiger partial charge in [0.25, 0.3) is 11.8 Å². The molecule has 0 bridgehead atoms. The van der Waals surface area contributed by atoms with Crippen molar-refractivity contribution < 1.29 is 24.2 Å². The van der Waals surface area contributed by atoms with E-state index in [0.717, 1.165) is 6.42 Å². The lowest BCUT2D eigenvalue weighted by molar-refractivity contribution is 0.0697. The monoisotopic (exact) mass is 546 g/mol. The maximum absolute atomic E-state index is 13.3. The smallest absolute Gasteiger partial charge is 0.336 e. The van der Waals surface area contributed by atoms with E-state index in [1.165, 1.54) is 31.4 Å². The number of aromatic carboxylic acids is 1. The van der Waals surface area contributed by atoms with Gasteiger partial charge in [0.1, 0.15) is 11.5 Å². The Hall–Kier alpha value is -4.77. The number of amides is 2. The Kier molecular flexibility index (Phi) is 9.93. The SMILES string of the molecule is CNC[C@H](CC(C)C)NC(=O)c1ccc(-c2ccc(OC)nc2C(=O)Nc2ccc(C(=N)N)cc2)c(C(=O)O)c1. The molecular weight excluding hydrogens is 512 g/mol. The Labute approximate surface area is 232 Å². The van der Waals surface area contributed by atoms with E-state index in [1.807, 2.05) is 0 Å². The maximum Gasteiger partial charge on any atom is 0.336 e. The normalized spacial score (nSPS) is 11.5. The van der Waals surface area contributed by atoms with E-state index < -0.39 is 17.8 Å². The predicted molar refractivity (Wildman–Crippen MR) is 153 cm³/mol. The van der Waals surface area contributed by atoms with Crippen molar-refractivity contribution in [3.8, 4) is 17.0 Å². The summed E-state index contributed by atoms with van der Waals surface area (Å²) in [7, 11) is 3.20. The average molecular weight is 547 g/mol. The standard InChI is InChI=1S/C29H34N6O5/c1-16(2)13-20(15-32-3)34-27(36)18-7-10-21(23(14-18)29(38)39)22-11-12-24(40-4)35-25(22)28(37)33-19-8-5-17(6-9-19)26(30)31/h5-12,14,16,20,32H,13,15H2,1-4H3,(H3,30,31)(H,33,37)(H,34,36)(H,38,39)/t20-/m0/s1. The fraction of sp³-hybridized carbons (Fsp3) is 0.276. The van der Waals surface area contributed by atoms with Crippen molar-refractivity contribution in [2.45, 2.75) is 26.3 Å². The number of benzene rings is 2. The van der Waals surface area contributed by atoms with Crippen LogP contribution < -0.4 is 26.4 Å². The molecule has 2 amide bonds. The topological polar surface area (TPSA) is 180 Å². The van der Waals surface area contributed by atoms with Crippen LogP contribution in [0.15, 0.2) is 54.6 Å². The number of nitrogens with one attached hydrogen (secondary N) is 4. The number of carboxylic acid groups (broad SMARTS) is 1. The van der Waals surface area contributed by atoms with E-state index in [-0.39, 0.29) is 45.7 Å². The third-order valence-electron chi connectivity index (χ3n) is 6.09. The van der Waals surface area contributed by atoms with Crippen LogP contribution in [0.3, 0.4) is 0 Å². The second-order valence-electron chi connectivity index (χ2n) is 9.62. The van der Waals surface area contributed by atoms with Crippen LogP contribution in [0.4, 0.5) is 5.69 Å². The second-order valence-corrected chi connectivity index (χ2v) is 9.62. The number of nitrogen functional groups attached to an aromatic ring is 1. The van der Waals surface area contributed by atoms with Gasteiger partial charge in [-0.25, -0.2) is 9.78 Å². The summed E-state index contributed by atoms with van der Waals surface area (Å²) in [5.74, 6) is -1.85. The van der Waals surface area contributed by atoms with Crippen LogP contribution in [0, 0.1) is 11.3 Å². The predicted octanol–water partition coefficient (Wildman–Crippen LogP) is 3.36. The number of anilines is 1. The van der Waals surface area contributed by atoms with Gasteiger partial charge in [0.2, 0.25) is 5.88 Å². The summed E-state index contributed by atoms with van der Waals surface area (Å²) < 4.78 is 5.20. The van der Waals surface area contributed by atoms with Crippen molar-refractivity contribution in [3.05, 3.63) is 77.0 Å². The summed E-state index contributed by atoms with van der Waals surface area (Å²) in [5.41, 5.74) is 6.83. The zero-order valence-electron chi connectivity index (χ0n) is 22.9. The fourth-order valence-electron chi connectivity index (χ4n) is 4.24. The van der Waals surface area contributed by atoms with Gasteiger partial charge in [0.15, 0.2) is 0 Å². The van der Waals surface area contributed by atoms with Crippen molar-refractivity contribution in [1.82, 2.24) is 15.6 Å². The number of likely N-dealkylation sites (N-methyl/N-ethyl adjacent to an activating group) is 1. The molecule has 0 unspecified atom stereocenters. The first-order chi connectivity index (χ1) is 19.0. The molecule has 1 aromatic heterocycles. The molecule has 7 N–H and O–H groups in total. The van der Waals surface area contributed by atoms with Gasteiger partial charge in [-0.3, -0.25) is 15.0 Å². The zero-order valence-corrected chi connectivity index (χ0v) is 22.9. The minimum Gasteiger partial charge on any atom is -0.481 e. The van der Waals surface area contributed by atoms with Gasteiger partial charge in [-0.05, 0) is 67.4 Å². The number of hydrogen-bond donors (Lipinski definition) is 6. The number of amidine groups is 1. The Morgan fingerprint density at radius 1 is 1.00 bits per heavy atom. The molecule has 0 aliphatic heterocycles. The first kappa shape index (κ1) is 29.8. The highest BCUT2D eigenvalue weighted by molar-refractivity contribution is 6.10. The molecule has 1 atom stereocenters. The summed E-state index contributed by atoms with van der Waals surface area (Å²) in [6, 6.07) is 13.6. The second kappa shape index (κ2) is 13.3. The van der Waals surface area contributed by atoms with Crippen molar-refractivity contribution in [2.24, 2.45) is 11.7 Å². The van der Waals surface area contributed by atoms with Gasteiger partial charge in [0.05, 0.1) is 12.7 Å². The Balaban J connectivity index is 1.99. The maximum atomic E-state index is 13.3. The van der Waals surface area contributed by atoms with Crippen molar-refractivity contribution in [1.29, 1.82) is 5.41 Å². The van der Waals surface area contributed by atoms with Gasteiger partial charge < -0.3 is 31.5 Å². The van der Waals surface area contributed by atoms with Gasteiger partial charge in [0, 0.05) is 41.0 Å². The first-order valence-electron chi connectivity index (χ1n) is 12.7. The molecule has 210 valence electrons. The molecule has 0 fully saturated rings. The van der Waals surface area contributed by atoms with E-state index >= 15 is 0 Å². The van der Waals surface area contributed by atoms with Crippen LogP contribution in [-0.2, 0) is 0 Å². The lowest BCUT2D eigenvalue weighted by atomic mass is 9.95. The lowest BCUT2D eigenvalue weighted by Crippen LogP contribution is -2.42. The number of carbonyl (C=O) groups is 3. The van der Waals surface area contributed by atoms with Gasteiger partial charge in [-0.1, -0.05) is 19.9 Å². The number of aromatic nitrogens is 1. The molecule has 0 aliphatic rings. The number of rotatable bonds is 12. The average Bonchev–Trinajstić information content (AvgIpc) is 2.92. The number of methoxy groups -OCH3 is 1. The highest BCUT2D eigenvalue weighted by atomic mass is 16.5. The molecule has 0 saturated carbocycles. The van der Waals surface area contributed by atoms with Crippen LogP contribution in [0.5, 0.6) is 5.88 Å². The summed E-state index contributed by atoms with van der Waals surface area (Å²) in [6.07, 6.45) is 0.754. The quantitative estimate of drug-likeness (QED) is 0.148. The van der Waals surface area contributed by atoms with E-state index in [9.17, 15) is 19.5 Å². The van der Waals surface area contributed by atoms with Crippen LogP contribution in [0.1, 0.15) is 57.0 Å². The van der Waals surface area contributed by atoms with Crippen LogP contribution in [0.2, 0.25) is 0 Å². The molecule has 0 saturated heterocycles. The third kappa shape index (κ3) is 7.41. The van der Waals surface area contributed by atoms with Crippen molar-refractivity contribution in [3.63, 3.8) is 0 Å². The molecule has 11 nitrogen and oxygen atoms in total. The highest BCUT2D eigenvalue weighted by Crippen LogP contribution is 2.30. The molecule has 0 aliphatic carbocycles. The van der Waals surface area contributed by atoms with E-state index in [0.29, 0.717) is 23.7 Å². The van der Waals surface area contributed by atoms with E-state index in [4.69, 9.17) is 15.9 Å². The van der Waals surface area contributed by atoms with Gasteiger partial charge in [-0.15, -0.1) is 0 Å². The molecular formula is C29H34N6O5. The highest BCUT2D eigenvalue weighted by Gasteiger charge is 2.23. The number of hydrogen-bond acceptors (Lipinski definition) is 7. The van der Waals surface area contributed by atoms with Crippen molar-refractivity contribution in [2.75, 3.05) is 26.0 Å². The molecule has 1 heterocycles. The molecule has 40 heavy (non-hydrogen) atoms. The molecule has 3 rings (SSSR count). The minimum absolute atomic E-state index is 0.0688. The third-order valence-corrected chi connectivity index (χ3v) is 6.09. The number of nitrogens with two attached hydrogens (primary N) is 1. The summed E-state index contributed by atoms with van der Waals surface area (Å²) in [4.78, 5) is 42.9. The summed E-state index contributed by atoms with van der Waals surface area (Å²) in [6.45, 7) is 4.69. The summed E-state index contributed by atoms with van der Waals surface area (Å²) >= 11 is 0. The first-order valence-corrected chi connectivity index (χ1v) is 12.7. The molecule has 2 aromatic carbocycles. The Morgan fingerprint density at radius 3 is 2.23 bits per heavy atom.